The van der Waals surface area contributed by atoms with Crippen LogP contribution in [0.3, 0.4) is 0 Å². The largest absolute Gasteiger partial charge is 0.328 e. The van der Waals surface area contributed by atoms with E-state index in [0.29, 0.717) is 22.3 Å². The fraction of sp³-hybridized carbons (Fsp3) is 0.176. The van der Waals surface area contributed by atoms with E-state index in [1.807, 2.05) is 24.3 Å². The second-order valence-electron chi connectivity index (χ2n) is 5.41. The zero-order valence-electron chi connectivity index (χ0n) is 12.9. The highest BCUT2D eigenvalue weighted by atomic mass is 35.5. The lowest BCUT2D eigenvalue weighted by atomic mass is 10.3. The normalized spacial score (nSPS) is 11.0. The van der Waals surface area contributed by atoms with Gasteiger partial charge in [-0.1, -0.05) is 35.3 Å². The molecule has 0 fully saturated rings. The van der Waals surface area contributed by atoms with Crippen LogP contribution < -0.4 is 11.0 Å². The Bertz CT molecular complexity index is 976. The van der Waals surface area contributed by atoms with E-state index in [0.717, 1.165) is 11.0 Å². The maximum atomic E-state index is 12.3. The van der Waals surface area contributed by atoms with E-state index in [2.05, 4.69) is 5.32 Å². The third-order valence-electron chi connectivity index (χ3n) is 3.82. The number of anilines is 1. The SMILES string of the molecule is Cn1c(=O)n(CCC(=O)Nc2ccc(Cl)c(Cl)c2)c2ccccc21. The highest BCUT2D eigenvalue weighted by Gasteiger charge is 2.11. The molecule has 7 heteroatoms. The first-order valence-corrected chi connectivity index (χ1v) is 8.12. The van der Waals surface area contributed by atoms with Gasteiger partial charge >= 0.3 is 5.69 Å². The van der Waals surface area contributed by atoms with Gasteiger partial charge < -0.3 is 5.32 Å². The summed E-state index contributed by atoms with van der Waals surface area (Å²) in [6.45, 7) is 0.299. The Hall–Kier alpha value is -2.24. The van der Waals surface area contributed by atoms with Crippen LogP contribution in [-0.4, -0.2) is 15.0 Å². The minimum absolute atomic E-state index is 0.140. The van der Waals surface area contributed by atoms with E-state index in [-0.39, 0.29) is 18.0 Å². The van der Waals surface area contributed by atoms with Gasteiger partial charge in [0, 0.05) is 25.7 Å². The van der Waals surface area contributed by atoms with Crippen LogP contribution >= 0.6 is 23.2 Å². The summed E-state index contributed by atoms with van der Waals surface area (Å²) in [5.41, 5.74) is 2.08. The quantitative estimate of drug-likeness (QED) is 0.768. The van der Waals surface area contributed by atoms with Crippen molar-refractivity contribution in [3.05, 3.63) is 63.0 Å². The van der Waals surface area contributed by atoms with Crippen LogP contribution in [0.1, 0.15) is 6.42 Å². The van der Waals surface area contributed by atoms with Crippen molar-refractivity contribution in [2.24, 2.45) is 7.05 Å². The molecule has 2 aromatic carbocycles. The zero-order valence-corrected chi connectivity index (χ0v) is 14.4. The van der Waals surface area contributed by atoms with Gasteiger partial charge in [0.05, 0.1) is 21.1 Å². The van der Waals surface area contributed by atoms with E-state index >= 15 is 0 Å². The minimum atomic E-state index is -0.201. The van der Waals surface area contributed by atoms with Gasteiger partial charge in [0.1, 0.15) is 0 Å². The van der Waals surface area contributed by atoms with Gasteiger partial charge in [0.2, 0.25) is 5.91 Å². The Morgan fingerprint density at radius 2 is 1.79 bits per heavy atom. The molecule has 0 saturated carbocycles. The van der Waals surface area contributed by atoms with E-state index in [1.165, 1.54) is 0 Å². The second kappa shape index (κ2) is 6.71. The molecule has 0 saturated heterocycles. The lowest BCUT2D eigenvalue weighted by molar-refractivity contribution is -0.116. The molecule has 1 heterocycles. The second-order valence-corrected chi connectivity index (χ2v) is 6.22. The lowest BCUT2D eigenvalue weighted by Crippen LogP contribution is -2.24. The topological polar surface area (TPSA) is 56.0 Å². The zero-order chi connectivity index (χ0) is 17.3. The molecule has 124 valence electrons. The molecule has 0 aliphatic heterocycles. The Balaban J connectivity index is 1.74. The molecule has 0 aliphatic carbocycles. The van der Waals surface area contributed by atoms with Gasteiger partial charge in [-0.05, 0) is 30.3 Å². The first-order valence-electron chi connectivity index (χ1n) is 7.36. The number of halogens is 2. The molecule has 0 bridgehead atoms. The maximum Gasteiger partial charge on any atom is 0.328 e. The molecule has 1 N–H and O–H groups in total. The van der Waals surface area contributed by atoms with E-state index < -0.39 is 0 Å². The number of carbonyl (C=O) groups is 1. The summed E-state index contributed by atoms with van der Waals surface area (Å²) in [5, 5.41) is 3.55. The molecule has 0 unspecified atom stereocenters. The number of nitrogens with zero attached hydrogens (tertiary/aromatic N) is 2. The van der Waals surface area contributed by atoms with Gasteiger partial charge in [0.15, 0.2) is 0 Å². The first-order chi connectivity index (χ1) is 11.5. The fourth-order valence-corrected chi connectivity index (χ4v) is 2.89. The van der Waals surface area contributed by atoms with Crippen LogP contribution in [0.4, 0.5) is 5.69 Å². The first kappa shape index (κ1) is 16.6. The standard InChI is InChI=1S/C17H15Cl2N3O2/c1-21-14-4-2-3-5-15(14)22(17(21)24)9-8-16(23)20-11-6-7-12(18)13(19)10-11/h2-7,10H,8-9H2,1H3,(H,20,23). The summed E-state index contributed by atoms with van der Waals surface area (Å²) in [5.74, 6) is -0.201. The molecule has 0 atom stereocenters. The number of aryl methyl sites for hydroxylation is 2. The van der Waals surface area contributed by atoms with Crippen molar-refractivity contribution < 1.29 is 4.79 Å². The maximum absolute atomic E-state index is 12.3. The summed E-state index contributed by atoms with van der Waals surface area (Å²) in [4.78, 5) is 24.4. The number of benzene rings is 2. The van der Waals surface area contributed by atoms with Crippen LogP contribution in [0.5, 0.6) is 0 Å². The number of aromatic nitrogens is 2. The molecule has 0 aliphatic rings. The fourth-order valence-electron chi connectivity index (χ4n) is 2.59. The molecule has 0 radical (unpaired) electrons. The van der Waals surface area contributed by atoms with Crippen molar-refractivity contribution in [1.29, 1.82) is 0 Å². The average molecular weight is 364 g/mol. The van der Waals surface area contributed by atoms with Gasteiger partial charge in [-0.15, -0.1) is 0 Å². The Morgan fingerprint density at radius 3 is 2.50 bits per heavy atom. The van der Waals surface area contributed by atoms with Crippen molar-refractivity contribution in [3.8, 4) is 0 Å². The molecule has 3 rings (SSSR count). The third kappa shape index (κ3) is 3.18. The van der Waals surface area contributed by atoms with Crippen molar-refractivity contribution in [2.75, 3.05) is 5.32 Å². The Labute approximate surface area is 148 Å². The molecule has 5 nitrogen and oxygen atoms in total. The van der Waals surface area contributed by atoms with Gasteiger partial charge in [-0.25, -0.2) is 4.79 Å². The highest BCUT2D eigenvalue weighted by Crippen LogP contribution is 2.25. The van der Waals surface area contributed by atoms with Crippen LogP contribution in [0.2, 0.25) is 10.0 Å². The molecular weight excluding hydrogens is 349 g/mol. The van der Waals surface area contributed by atoms with Crippen LogP contribution in [0.25, 0.3) is 11.0 Å². The number of rotatable bonds is 4. The van der Waals surface area contributed by atoms with Crippen molar-refractivity contribution >= 4 is 45.8 Å². The number of amides is 1. The Kier molecular flexibility index (Phi) is 4.64. The smallest absolute Gasteiger partial charge is 0.326 e. The van der Waals surface area contributed by atoms with Gasteiger partial charge in [-0.3, -0.25) is 13.9 Å². The predicted octanol–water partition coefficient (Wildman–Crippen LogP) is 3.68. The summed E-state index contributed by atoms with van der Waals surface area (Å²) in [6.07, 6.45) is 0.175. The number of imidazole rings is 1. The number of hydrogen-bond acceptors (Lipinski definition) is 2. The predicted molar refractivity (Wildman–Crippen MR) is 96.9 cm³/mol. The molecular formula is C17H15Cl2N3O2. The summed E-state index contributed by atoms with van der Waals surface area (Å²) in [6, 6.07) is 12.4. The molecule has 1 aromatic heterocycles. The average Bonchev–Trinajstić information content (AvgIpc) is 2.81. The summed E-state index contributed by atoms with van der Waals surface area (Å²) in [7, 11) is 1.72. The molecule has 0 spiro atoms. The number of nitrogens with one attached hydrogen (secondary N) is 1. The van der Waals surface area contributed by atoms with Crippen molar-refractivity contribution in [3.63, 3.8) is 0 Å². The number of hydrogen-bond donors (Lipinski definition) is 1. The molecule has 3 aromatic rings. The van der Waals surface area contributed by atoms with Gasteiger partial charge in [0.25, 0.3) is 0 Å². The van der Waals surface area contributed by atoms with E-state index in [1.54, 1.807) is 34.4 Å². The highest BCUT2D eigenvalue weighted by molar-refractivity contribution is 6.42. The van der Waals surface area contributed by atoms with Crippen molar-refractivity contribution in [1.82, 2.24) is 9.13 Å². The minimum Gasteiger partial charge on any atom is -0.326 e. The molecule has 24 heavy (non-hydrogen) atoms. The van der Waals surface area contributed by atoms with E-state index in [9.17, 15) is 9.59 Å². The van der Waals surface area contributed by atoms with E-state index in [4.69, 9.17) is 23.2 Å². The third-order valence-corrected chi connectivity index (χ3v) is 4.56. The summed E-state index contributed by atoms with van der Waals surface area (Å²) >= 11 is 11.8. The number of carbonyl (C=O) groups excluding carboxylic acids is 1. The molecule has 1 amide bonds. The van der Waals surface area contributed by atoms with Crippen LogP contribution in [-0.2, 0) is 18.4 Å². The van der Waals surface area contributed by atoms with Crippen LogP contribution in [0, 0.1) is 0 Å². The summed E-state index contributed by atoms with van der Waals surface area (Å²) < 4.78 is 3.18. The monoisotopic (exact) mass is 363 g/mol. The van der Waals surface area contributed by atoms with Gasteiger partial charge in [-0.2, -0.15) is 0 Å². The van der Waals surface area contributed by atoms with Crippen molar-refractivity contribution in [2.45, 2.75) is 13.0 Å². The number of fused-ring (bicyclic) bond motifs is 1. The lowest BCUT2D eigenvalue weighted by Gasteiger charge is -2.07. The Morgan fingerprint density at radius 1 is 1.08 bits per heavy atom. The van der Waals surface area contributed by atoms with Crippen LogP contribution in [0.15, 0.2) is 47.3 Å². The number of para-hydroxylation sites is 2.